The van der Waals surface area contributed by atoms with Crippen molar-refractivity contribution in [2.75, 3.05) is 5.32 Å². The molecule has 1 atom stereocenters. The Hall–Kier alpha value is -6.45. The number of benzene rings is 5. The lowest BCUT2D eigenvalue weighted by Crippen LogP contribution is -2.42. The molecule has 1 aromatic heterocycles. The van der Waals surface area contributed by atoms with E-state index in [0.717, 1.165) is 11.1 Å². The highest BCUT2D eigenvalue weighted by Crippen LogP contribution is 2.33. The summed E-state index contributed by atoms with van der Waals surface area (Å²) in [5, 5.41) is 15.5. The third-order valence-electron chi connectivity index (χ3n) is 7.60. The number of amides is 2. The van der Waals surface area contributed by atoms with E-state index in [1.807, 2.05) is 97.1 Å². The summed E-state index contributed by atoms with van der Waals surface area (Å²) in [6.45, 7) is 0. The van der Waals surface area contributed by atoms with Crippen LogP contribution in [0.25, 0.3) is 11.1 Å². The normalized spacial score (nSPS) is 11.2. The van der Waals surface area contributed by atoms with Gasteiger partial charge in [0, 0.05) is 29.3 Å². The lowest BCUT2D eigenvalue weighted by molar-refractivity contribution is -0.139. The maximum absolute atomic E-state index is 13.5. The number of nitrogens with one attached hydrogen (secondary N) is 2. The van der Waals surface area contributed by atoms with Crippen molar-refractivity contribution in [3.63, 3.8) is 0 Å². The maximum atomic E-state index is 13.5. The summed E-state index contributed by atoms with van der Waals surface area (Å²) >= 11 is 6.21. The first kappa shape index (κ1) is 33.5. The van der Waals surface area contributed by atoms with Gasteiger partial charge in [0.2, 0.25) is 5.88 Å². The Morgan fingerprint density at radius 1 is 0.720 bits per heavy atom. The van der Waals surface area contributed by atoms with E-state index >= 15 is 0 Å². The molecule has 6 aromatic rings. The minimum absolute atomic E-state index is 0.000499. The van der Waals surface area contributed by atoms with Crippen molar-refractivity contribution in [2.24, 2.45) is 0 Å². The number of carboxylic acid groups (broad SMARTS) is 1. The SMILES string of the molecule is O=C(Nc1ccc(Cl)cc1C(=O)N[C@@H](Cc1ccc(-c2ccccc2Oc2ccccc2)cc1)C(=O)O)c1ccc(Oc2ccccc2)nc1. The van der Waals surface area contributed by atoms with E-state index in [-0.39, 0.29) is 28.3 Å². The average molecular weight is 684 g/mol. The van der Waals surface area contributed by atoms with Crippen LogP contribution in [-0.2, 0) is 11.2 Å². The number of hydrogen-bond acceptors (Lipinski definition) is 6. The van der Waals surface area contributed by atoms with Crippen molar-refractivity contribution in [2.45, 2.75) is 12.5 Å². The van der Waals surface area contributed by atoms with E-state index in [2.05, 4.69) is 15.6 Å². The van der Waals surface area contributed by atoms with Gasteiger partial charge in [-0.05, 0) is 65.7 Å². The van der Waals surface area contributed by atoms with E-state index in [0.29, 0.717) is 28.7 Å². The number of para-hydroxylation sites is 3. The van der Waals surface area contributed by atoms with Crippen LogP contribution in [0.3, 0.4) is 0 Å². The van der Waals surface area contributed by atoms with Crippen molar-refractivity contribution in [1.82, 2.24) is 10.3 Å². The molecule has 248 valence electrons. The predicted molar refractivity (Wildman–Crippen MR) is 191 cm³/mol. The summed E-state index contributed by atoms with van der Waals surface area (Å²) in [5.41, 5.74) is 2.80. The molecule has 6 rings (SSSR count). The molecule has 2 amide bonds. The zero-order chi connectivity index (χ0) is 34.9. The van der Waals surface area contributed by atoms with Gasteiger partial charge in [-0.1, -0.05) is 90.5 Å². The predicted octanol–water partition coefficient (Wildman–Crippen LogP) is 8.66. The number of halogens is 1. The molecule has 0 aliphatic carbocycles. The fraction of sp³-hybridized carbons (Fsp3) is 0.0500. The van der Waals surface area contributed by atoms with Gasteiger partial charge in [-0.2, -0.15) is 0 Å². The first-order valence-corrected chi connectivity index (χ1v) is 15.9. The van der Waals surface area contributed by atoms with E-state index in [4.69, 9.17) is 21.1 Å². The van der Waals surface area contributed by atoms with Crippen molar-refractivity contribution in [3.8, 4) is 34.3 Å². The number of rotatable bonds is 12. The summed E-state index contributed by atoms with van der Waals surface area (Å²) < 4.78 is 11.8. The Bertz CT molecular complexity index is 2110. The summed E-state index contributed by atoms with van der Waals surface area (Å²) in [4.78, 5) is 43.0. The number of hydrogen-bond donors (Lipinski definition) is 3. The van der Waals surface area contributed by atoms with Crippen molar-refractivity contribution in [3.05, 3.63) is 167 Å². The third-order valence-corrected chi connectivity index (χ3v) is 7.84. The van der Waals surface area contributed by atoms with Gasteiger partial charge < -0.3 is 25.2 Å². The maximum Gasteiger partial charge on any atom is 0.326 e. The molecule has 0 radical (unpaired) electrons. The molecule has 9 nitrogen and oxygen atoms in total. The van der Waals surface area contributed by atoms with E-state index in [9.17, 15) is 19.5 Å². The summed E-state index contributed by atoms with van der Waals surface area (Å²) in [5.74, 6) is -0.192. The van der Waals surface area contributed by atoms with Gasteiger partial charge in [-0.25, -0.2) is 9.78 Å². The number of aromatic nitrogens is 1. The van der Waals surface area contributed by atoms with Crippen LogP contribution in [0.2, 0.25) is 5.02 Å². The van der Waals surface area contributed by atoms with Crippen LogP contribution in [-0.4, -0.2) is 33.9 Å². The molecule has 3 N–H and O–H groups in total. The molecule has 50 heavy (non-hydrogen) atoms. The highest BCUT2D eigenvalue weighted by atomic mass is 35.5. The topological polar surface area (TPSA) is 127 Å². The lowest BCUT2D eigenvalue weighted by Gasteiger charge is -2.17. The van der Waals surface area contributed by atoms with Crippen molar-refractivity contribution < 1.29 is 29.0 Å². The van der Waals surface area contributed by atoms with E-state index in [1.165, 1.54) is 30.5 Å². The van der Waals surface area contributed by atoms with Crippen LogP contribution in [0.5, 0.6) is 23.1 Å². The zero-order valence-corrected chi connectivity index (χ0v) is 27.2. The minimum atomic E-state index is -1.27. The number of pyridine rings is 1. The molecule has 0 spiro atoms. The number of aliphatic carboxylic acids is 1. The van der Waals surface area contributed by atoms with Gasteiger partial charge in [0.05, 0.1) is 16.8 Å². The standard InChI is InChI=1S/C40H30ClN3O6/c41-29-20-21-34(43-38(45)28-19-22-37(42-25-28)50-31-11-5-2-6-12-31)33(24-29)39(46)44-35(40(47)48)23-26-15-17-27(18-16-26)32-13-7-8-14-36(32)49-30-9-3-1-4-10-30/h1-22,24-25,35H,23H2,(H,43,45)(H,44,46)(H,47,48)/t35-/m0/s1. The molecule has 1 heterocycles. The quantitative estimate of drug-likeness (QED) is 0.118. The van der Waals surface area contributed by atoms with Crippen molar-refractivity contribution >= 4 is 35.1 Å². The number of carboxylic acids is 1. The molecule has 0 saturated heterocycles. The lowest BCUT2D eigenvalue weighted by atomic mass is 9.99. The number of ether oxygens (including phenoxy) is 2. The molecule has 0 fully saturated rings. The van der Waals surface area contributed by atoms with Gasteiger partial charge in [0.1, 0.15) is 23.3 Å². The first-order valence-electron chi connectivity index (χ1n) is 15.6. The Morgan fingerprint density at radius 3 is 2.04 bits per heavy atom. The minimum Gasteiger partial charge on any atom is -0.480 e. The number of carbonyl (C=O) groups excluding carboxylic acids is 2. The fourth-order valence-corrected chi connectivity index (χ4v) is 5.27. The molecule has 0 aliphatic heterocycles. The van der Waals surface area contributed by atoms with Gasteiger partial charge in [-0.15, -0.1) is 0 Å². The second-order valence-corrected chi connectivity index (χ2v) is 11.6. The molecule has 0 aliphatic rings. The number of nitrogens with zero attached hydrogens (tertiary/aromatic N) is 1. The molecule has 0 unspecified atom stereocenters. The Morgan fingerprint density at radius 2 is 1.38 bits per heavy atom. The van der Waals surface area contributed by atoms with Crippen LogP contribution < -0.4 is 20.1 Å². The average Bonchev–Trinajstić information content (AvgIpc) is 3.14. The Kier molecular flexibility index (Phi) is 10.5. The van der Waals surface area contributed by atoms with Crippen LogP contribution in [0.4, 0.5) is 5.69 Å². The number of anilines is 1. The third kappa shape index (κ3) is 8.52. The van der Waals surface area contributed by atoms with Crippen molar-refractivity contribution in [1.29, 1.82) is 0 Å². The van der Waals surface area contributed by atoms with E-state index < -0.39 is 23.8 Å². The second-order valence-electron chi connectivity index (χ2n) is 11.1. The summed E-state index contributed by atoms with van der Waals surface area (Å²) in [6, 6.07) is 39.7. The number of carbonyl (C=O) groups is 3. The smallest absolute Gasteiger partial charge is 0.326 e. The van der Waals surface area contributed by atoms with Gasteiger partial charge in [0.25, 0.3) is 11.8 Å². The largest absolute Gasteiger partial charge is 0.480 e. The van der Waals surface area contributed by atoms with Gasteiger partial charge in [-0.3, -0.25) is 9.59 Å². The molecule has 0 saturated carbocycles. The van der Waals surface area contributed by atoms with Gasteiger partial charge >= 0.3 is 5.97 Å². The summed E-state index contributed by atoms with van der Waals surface area (Å²) in [6.07, 6.45) is 1.36. The molecule has 0 bridgehead atoms. The highest BCUT2D eigenvalue weighted by molar-refractivity contribution is 6.31. The van der Waals surface area contributed by atoms with Crippen LogP contribution >= 0.6 is 11.6 Å². The van der Waals surface area contributed by atoms with Crippen LogP contribution in [0.1, 0.15) is 26.3 Å². The zero-order valence-electron chi connectivity index (χ0n) is 26.5. The molecule has 10 heteroatoms. The first-order chi connectivity index (χ1) is 24.3. The molecular weight excluding hydrogens is 654 g/mol. The Labute approximate surface area is 293 Å². The highest BCUT2D eigenvalue weighted by Gasteiger charge is 2.24. The molecular formula is C40H30ClN3O6. The monoisotopic (exact) mass is 683 g/mol. The fourth-order valence-electron chi connectivity index (χ4n) is 5.09. The van der Waals surface area contributed by atoms with Gasteiger partial charge in [0.15, 0.2) is 0 Å². The van der Waals surface area contributed by atoms with Crippen LogP contribution in [0, 0.1) is 0 Å². The molecule has 5 aromatic carbocycles. The van der Waals surface area contributed by atoms with Crippen LogP contribution in [0.15, 0.2) is 146 Å². The van der Waals surface area contributed by atoms with E-state index in [1.54, 1.807) is 18.2 Å². The Balaban J connectivity index is 1.13. The summed E-state index contributed by atoms with van der Waals surface area (Å²) in [7, 11) is 0. The second kappa shape index (κ2) is 15.6.